The number of rotatable bonds is 16. The molecular formula is C35H56Sn2. The minimum absolute atomic E-state index is 0.202. The summed E-state index contributed by atoms with van der Waals surface area (Å²) in [6.45, 7) is 12.1. The zero-order valence-corrected chi connectivity index (χ0v) is 31.3. The van der Waals surface area contributed by atoms with Crippen LogP contribution in [0.2, 0.25) is 19.3 Å². The summed E-state index contributed by atoms with van der Waals surface area (Å²) in [5.74, 6) is 1.64. The van der Waals surface area contributed by atoms with E-state index in [2.05, 4.69) is 85.8 Å². The molecule has 2 heteroatoms. The summed E-state index contributed by atoms with van der Waals surface area (Å²) in [6.07, 6.45) is 13.5. The van der Waals surface area contributed by atoms with Crippen LogP contribution in [0.15, 0.2) is 36.4 Å². The monoisotopic (exact) mass is 716 g/mol. The van der Waals surface area contributed by atoms with Crippen molar-refractivity contribution >= 4 is 43.1 Å². The summed E-state index contributed by atoms with van der Waals surface area (Å²) in [5, 5.41) is 0. The molecule has 0 bridgehead atoms. The molecule has 2 aromatic carbocycles. The molecule has 0 nitrogen and oxygen atoms in total. The van der Waals surface area contributed by atoms with Gasteiger partial charge in [-0.05, 0) is 0 Å². The molecule has 1 aliphatic rings. The first-order valence-corrected chi connectivity index (χ1v) is 29.8. The van der Waals surface area contributed by atoms with Crippen molar-refractivity contribution in [2.45, 2.75) is 128 Å². The maximum atomic E-state index is 2.76. The van der Waals surface area contributed by atoms with Gasteiger partial charge in [0.1, 0.15) is 0 Å². The van der Waals surface area contributed by atoms with Crippen molar-refractivity contribution in [2.75, 3.05) is 0 Å². The van der Waals surface area contributed by atoms with Gasteiger partial charge in [0.25, 0.3) is 0 Å². The first-order valence-electron chi connectivity index (χ1n) is 15.7. The Morgan fingerprint density at radius 3 is 1.76 bits per heavy atom. The molecule has 2 radical (unpaired) electrons. The molecule has 2 unspecified atom stereocenters. The molecule has 0 fully saturated rings. The van der Waals surface area contributed by atoms with Crippen molar-refractivity contribution in [3.63, 3.8) is 0 Å². The van der Waals surface area contributed by atoms with Crippen molar-refractivity contribution in [1.29, 1.82) is 0 Å². The van der Waals surface area contributed by atoms with Gasteiger partial charge in [-0.25, -0.2) is 0 Å². The molecule has 0 amide bonds. The van der Waals surface area contributed by atoms with Gasteiger partial charge in [0.2, 0.25) is 0 Å². The summed E-state index contributed by atoms with van der Waals surface area (Å²) >= 11 is -2.48. The molecule has 0 heterocycles. The van der Waals surface area contributed by atoms with Gasteiger partial charge >= 0.3 is 247 Å². The van der Waals surface area contributed by atoms with Crippen LogP contribution < -0.4 is 3.58 Å². The average Bonchev–Trinajstić information content (AvgIpc) is 3.15. The van der Waals surface area contributed by atoms with Gasteiger partial charge < -0.3 is 0 Å². The van der Waals surface area contributed by atoms with Crippen LogP contribution in [0.4, 0.5) is 0 Å². The van der Waals surface area contributed by atoms with Crippen molar-refractivity contribution in [2.24, 2.45) is 11.8 Å². The molecule has 2 atom stereocenters. The summed E-state index contributed by atoms with van der Waals surface area (Å²) in [6, 6.07) is 15.6. The predicted molar refractivity (Wildman–Crippen MR) is 171 cm³/mol. The van der Waals surface area contributed by atoms with Crippen molar-refractivity contribution in [3.8, 4) is 11.1 Å². The van der Waals surface area contributed by atoms with Crippen LogP contribution in [0.5, 0.6) is 0 Å². The molecular weight excluding hydrogens is 658 g/mol. The fourth-order valence-electron chi connectivity index (χ4n) is 6.78. The molecule has 0 N–H and O–H groups in total. The Morgan fingerprint density at radius 2 is 1.27 bits per heavy atom. The molecule has 2 aromatic rings. The molecule has 0 spiro atoms. The summed E-state index contributed by atoms with van der Waals surface area (Å²) in [7, 11) is 0. The summed E-state index contributed by atoms with van der Waals surface area (Å²) in [4.78, 5) is 7.79. The van der Waals surface area contributed by atoms with E-state index in [-0.39, 0.29) is 26.6 Å². The zero-order chi connectivity index (χ0) is 27.1. The average molecular weight is 714 g/mol. The number of hydrogen-bond acceptors (Lipinski definition) is 0. The normalized spacial score (nSPS) is 18.5. The number of hydrogen-bond donors (Lipinski definition) is 0. The first kappa shape index (κ1) is 31.6. The van der Waals surface area contributed by atoms with Crippen LogP contribution >= 0.6 is 0 Å². The Kier molecular flexibility index (Phi) is 12.5. The SMILES string of the molecule is CCCCC(CC)CC1(CC(CC)CCCC)c2cc([CH2][Sn][CH2]C)ccc2-c2cc[c]([Sn]([CH3])([CH3])[CH3])cc21. The van der Waals surface area contributed by atoms with E-state index >= 15 is 0 Å². The third-order valence-corrected chi connectivity index (χ3v) is 18.4. The molecule has 204 valence electrons. The van der Waals surface area contributed by atoms with E-state index in [1.165, 1.54) is 73.1 Å². The van der Waals surface area contributed by atoms with Crippen LogP contribution in [-0.4, -0.2) is 39.5 Å². The van der Waals surface area contributed by atoms with Gasteiger partial charge in [0.15, 0.2) is 0 Å². The fourth-order valence-corrected chi connectivity index (χ4v) is 12.3. The Bertz CT molecular complexity index is 965. The Morgan fingerprint density at radius 1 is 0.730 bits per heavy atom. The van der Waals surface area contributed by atoms with E-state index in [0.717, 1.165) is 11.8 Å². The van der Waals surface area contributed by atoms with Crippen molar-refractivity contribution in [1.82, 2.24) is 0 Å². The van der Waals surface area contributed by atoms with Crippen LogP contribution in [0, 0.1) is 11.8 Å². The minimum atomic E-state index is -2.21. The Labute approximate surface area is 245 Å². The number of benzene rings is 2. The van der Waals surface area contributed by atoms with E-state index in [4.69, 9.17) is 0 Å². The topological polar surface area (TPSA) is 0 Å². The van der Waals surface area contributed by atoms with Gasteiger partial charge in [0, 0.05) is 0 Å². The zero-order valence-electron chi connectivity index (χ0n) is 25.6. The third kappa shape index (κ3) is 7.62. The van der Waals surface area contributed by atoms with E-state index in [1.54, 1.807) is 31.4 Å². The van der Waals surface area contributed by atoms with Gasteiger partial charge in [-0.2, -0.15) is 0 Å². The molecule has 1 aliphatic carbocycles. The van der Waals surface area contributed by atoms with Crippen LogP contribution in [0.3, 0.4) is 0 Å². The van der Waals surface area contributed by atoms with Gasteiger partial charge in [-0.3, -0.25) is 0 Å². The molecule has 0 aromatic heterocycles. The van der Waals surface area contributed by atoms with E-state index in [9.17, 15) is 0 Å². The quantitative estimate of drug-likeness (QED) is 0.152. The molecule has 0 saturated heterocycles. The third-order valence-electron chi connectivity index (χ3n) is 9.23. The summed E-state index contributed by atoms with van der Waals surface area (Å²) in [5.41, 5.74) is 8.45. The second-order valence-corrected chi connectivity index (χ2v) is 31.9. The molecule has 0 saturated carbocycles. The Hall–Kier alpha value is 0.0374. The molecule has 0 aliphatic heterocycles. The molecule has 3 rings (SSSR count). The van der Waals surface area contributed by atoms with E-state index in [0.29, 0.717) is 0 Å². The van der Waals surface area contributed by atoms with E-state index < -0.39 is 18.4 Å². The summed E-state index contributed by atoms with van der Waals surface area (Å²) < 4.78 is 4.55. The molecule has 37 heavy (non-hydrogen) atoms. The van der Waals surface area contributed by atoms with Crippen molar-refractivity contribution in [3.05, 3.63) is 53.1 Å². The van der Waals surface area contributed by atoms with E-state index in [1.807, 2.05) is 0 Å². The first-order chi connectivity index (χ1) is 17.7. The van der Waals surface area contributed by atoms with Gasteiger partial charge in [0.05, 0.1) is 0 Å². The van der Waals surface area contributed by atoms with Crippen LogP contribution in [0.25, 0.3) is 11.1 Å². The number of unbranched alkanes of at least 4 members (excludes halogenated alkanes) is 2. The maximum absolute atomic E-state index is 2.76. The van der Waals surface area contributed by atoms with Crippen LogP contribution in [-0.2, 0) is 9.85 Å². The standard InChI is InChI=1S/C30H42.C2H5.3CH3.2Sn/c1-6-10-14-24(8-3)21-30(22-25(9-4)15-11-7-2)28-17-13-12-16-26(28)27-19-18-23(5)20-29(27)30;1-2;;;;;/h12,16-20,24-25H,5-11,14-15,21-22H2,1-4H3;1H2,2H3;3*1H3;;. The van der Waals surface area contributed by atoms with Gasteiger partial charge in [-0.15, -0.1) is 0 Å². The predicted octanol–water partition coefficient (Wildman–Crippen LogP) is 10.4. The second-order valence-electron chi connectivity index (χ2n) is 13.0. The van der Waals surface area contributed by atoms with Crippen LogP contribution in [0.1, 0.15) is 116 Å². The Balaban J connectivity index is 2.25. The van der Waals surface area contributed by atoms with Crippen molar-refractivity contribution < 1.29 is 0 Å². The fraction of sp³-hybridized carbons (Fsp3) is 0.657. The second kappa shape index (κ2) is 14.6. The number of fused-ring (bicyclic) bond motifs is 3. The van der Waals surface area contributed by atoms with Gasteiger partial charge in [-0.1, -0.05) is 0 Å².